The fraction of sp³-hybridized carbons (Fsp3) is 0.605. The number of piperidine rings is 1. The van der Waals surface area contributed by atoms with Crippen LogP contribution in [0.3, 0.4) is 0 Å². The summed E-state index contributed by atoms with van der Waals surface area (Å²) >= 11 is 0. The molecule has 2 aliphatic heterocycles. The minimum absolute atomic E-state index is 0.298. The van der Waals surface area contributed by atoms with Crippen LogP contribution in [-0.4, -0.2) is 113 Å². The van der Waals surface area contributed by atoms with Gasteiger partial charge in [0.25, 0.3) is 0 Å². The van der Waals surface area contributed by atoms with Gasteiger partial charge in [-0.1, -0.05) is 13.3 Å². The van der Waals surface area contributed by atoms with Gasteiger partial charge in [0.05, 0.1) is 11.7 Å². The van der Waals surface area contributed by atoms with Crippen molar-refractivity contribution in [2.24, 2.45) is 5.92 Å². The van der Waals surface area contributed by atoms with E-state index in [9.17, 15) is 18.8 Å². The second-order valence-corrected chi connectivity index (χ2v) is 14.5. The molecule has 1 N–H and O–H groups in total. The zero-order valence-electron chi connectivity index (χ0n) is 31.0. The average Bonchev–Trinajstić information content (AvgIpc) is 3.51. The summed E-state index contributed by atoms with van der Waals surface area (Å²) < 4.78 is 25.7. The summed E-state index contributed by atoms with van der Waals surface area (Å²) in [6.07, 6.45) is 12.1. The van der Waals surface area contributed by atoms with Gasteiger partial charge < -0.3 is 29.2 Å². The standard InChI is InChI=1S/C21H33N5O.C10H18N2O3.C7H5FO/c1-16-6-8-17(9-7-16)26-19-14-20(23-15-18(19)24-21(26)22-2)27-13-12-25-10-4-3-5-11-25;1-10(2,3)15-9(14)12-6-4-11(8-13)5-7-12;8-7-3-1-6(5-9)2-4-7/h14-17H,3-13H2,1-2H3,(H,22,24);8H,4-7H2,1-3H3;1-5H. The number of benzene rings is 1. The summed E-state index contributed by atoms with van der Waals surface area (Å²) in [5.74, 6) is 2.18. The van der Waals surface area contributed by atoms with E-state index in [1.807, 2.05) is 34.0 Å². The summed E-state index contributed by atoms with van der Waals surface area (Å²) in [4.78, 5) is 47.1. The first-order chi connectivity index (χ1) is 24.5. The third-order valence-electron chi connectivity index (χ3n) is 9.35. The highest BCUT2D eigenvalue weighted by Gasteiger charge is 2.26. The van der Waals surface area contributed by atoms with Crippen LogP contribution in [0.1, 0.15) is 89.0 Å². The number of fused-ring (bicyclic) bond motifs is 1. The summed E-state index contributed by atoms with van der Waals surface area (Å²) in [5.41, 5.74) is 2.12. The number of piperazine rings is 1. The molecule has 3 aliphatic rings. The fourth-order valence-electron chi connectivity index (χ4n) is 6.45. The van der Waals surface area contributed by atoms with Crippen molar-refractivity contribution in [3.63, 3.8) is 0 Å². The zero-order valence-corrected chi connectivity index (χ0v) is 31.0. The Morgan fingerprint density at radius 3 is 2.24 bits per heavy atom. The fourth-order valence-corrected chi connectivity index (χ4v) is 6.45. The number of rotatable bonds is 8. The average molecular weight is 710 g/mol. The second-order valence-electron chi connectivity index (χ2n) is 14.5. The lowest BCUT2D eigenvalue weighted by atomic mass is 9.87. The van der Waals surface area contributed by atoms with Gasteiger partial charge in [-0.05, 0) is 103 Å². The van der Waals surface area contributed by atoms with E-state index >= 15 is 0 Å². The Morgan fingerprint density at radius 2 is 1.65 bits per heavy atom. The third-order valence-corrected chi connectivity index (χ3v) is 9.35. The van der Waals surface area contributed by atoms with Gasteiger partial charge in [-0.15, -0.1) is 0 Å². The Hall–Kier alpha value is -4.26. The number of anilines is 1. The molecule has 1 saturated carbocycles. The molecular weight excluding hydrogens is 653 g/mol. The Kier molecular flexibility index (Phi) is 15.0. The molecule has 0 spiro atoms. The molecule has 0 radical (unpaired) electrons. The summed E-state index contributed by atoms with van der Waals surface area (Å²) in [6.45, 7) is 14.2. The van der Waals surface area contributed by atoms with E-state index < -0.39 is 5.60 Å². The van der Waals surface area contributed by atoms with Gasteiger partial charge >= 0.3 is 6.09 Å². The van der Waals surface area contributed by atoms with Crippen LogP contribution in [0.5, 0.6) is 5.88 Å². The molecule has 280 valence electrons. The van der Waals surface area contributed by atoms with Crippen molar-refractivity contribution in [2.45, 2.75) is 84.3 Å². The number of hydrogen-bond acceptors (Lipinski definition) is 9. The van der Waals surface area contributed by atoms with E-state index in [2.05, 4.69) is 32.8 Å². The topological polar surface area (TPSA) is 122 Å². The molecule has 0 atom stereocenters. The smallest absolute Gasteiger partial charge is 0.410 e. The van der Waals surface area contributed by atoms with Crippen LogP contribution in [0.4, 0.5) is 15.1 Å². The van der Waals surface area contributed by atoms with Crippen LogP contribution in [0.25, 0.3) is 11.0 Å². The molecule has 13 heteroatoms. The Balaban J connectivity index is 0.000000203. The molecule has 12 nitrogen and oxygen atoms in total. The van der Waals surface area contributed by atoms with Gasteiger partial charge in [0.2, 0.25) is 18.2 Å². The number of halogens is 1. The van der Waals surface area contributed by atoms with Gasteiger partial charge in [0, 0.05) is 57.4 Å². The van der Waals surface area contributed by atoms with Gasteiger partial charge in [-0.25, -0.2) is 19.2 Å². The number of carbonyl (C=O) groups is 3. The van der Waals surface area contributed by atoms with Gasteiger partial charge in [0.15, 0.2) is 0 Å². The number of aromatic nitrogens is 3. The summed E-state index contributed by atoms with van der Waals surface area (Å²) in [6, 6.07) is 7.97. The number of hydrogen-bond donors (Lipinski definition) is 1. The van der Waals surface area contributed by atoms with Crippen LogP contribution < -0.4 is 10.1 Å². The SMILES string of the molecule is CC(C)(C)OC(=O)N1CCN(C=O)CC1.CNc1nc2cnc(OCCN3CCCCC3)cc2n1C1CCC(C)CC1.O=Cc1ccc(F)cc1. The molecule has 2 saturated heterocycles. The highest BCUT2D eigenvalue weighted by atomic mass is 19.1. The normalized spacial score (nSPS) is 19.6. The number of nitrogens with one attached hydrogen (secondary N) is 1. The minimum Gasteiger partial charge on any atom is -0.476 e. The molecule has 1 aromatic carbocycles. The predicted octanol–water partition coefficient (Wildman–Crippen LogP) is 6.42. The number of amides is 2. The van der Waals surface area contributed by atoms with Crippen molar-refractivity contribution in [1.29, 1.82) is 0 Å². The van der Waals surface area contributed by atoms with Crippen molar-refractivity contribution in [2.75, 3.05) is 64.8 Å². The predicted molar refractivity (Wildman–Crippen MR) is 197 cm³/mol. The quantitative estimate of drug-likeness (QED) is 0.264. The maximum atomic E-state index is 12.1. The Bertz CT molecular complexity index is 1520. The first-order valence-electron chi connectivity index (χ1n) is 18.3. The maximum absolute atomic E-state index is 12.1. The molecule has 3 fully saturated rings. The number of nitrogens with zero attached hydrogens (tertiary/aromatic N) is 6. The van der Waals surface area contributed by atoms with Crippen molar-refractivity contribution >= 4 is 35.8 Å². The number of carbonyl (C=O) groups excluding carboxylic acids is 3. The lowest BCUT2D eigenvalue weighted by molar-refractivity contribution is -0.119. The number of ether oxygens (including phenoxy) is 2. The van der Waals surface area contributed by atoms with Crippen LogP contribution in [-0.2, 0) is 9.53 Å². The molecule has 4 heterocycles. The first-order valence-corrected chi connectivity index (χ1v) is 18.3. The van der Waals surface area contributed by atoms with E-state index in [0.29, 0.717) is 56.6 Å². The molecule has 1 aliphatic carbocycles. The number of imidazole rings is 1. The summed E-state index contributed by atoms with van der Waals surface area (Å²) in [7, 11) is 1.95. The molecular formula is C38H56FN7O5. The number of aldehydes is 1. The Morgan fingerprint density at radius 1 is 0.980 bits per heavy atom. The van der Waals surface area contributed by atoms with Crippen molar-refractivity contribution in [3.8, 4) is 5.88 Å². The van der Waals surface area contributed by atoms with E-state index in [0.717, 1.165) is 35.9 Å². The number of likely N-dealkylation sites (tertiary alicyclic amines) is 1. The molecule has 0 unspecified atom stereocenters. The maximum Gasteiger partial charge on any atom is 0.410 e. The zero-order chi connectivity index (χ0) is 36.8. The van der Waals surface area contributed by atoms with Gasteiger partial charge in [0.1, 0.15) is 29.8 Å². The Labute approximate surface area is 301 Å². The van der Waals surface area contributed by atoms with Crippen molar-refractivity contribution in [3.05, 3.63) is 47.9 Å². The first kappa shape index (κ1) is 39.5. The summed E-state index contributed by atoms with van der Waals surface area (Å²) in [5, 5.41) is 3.28. The highest BCUT2D eigenvalue weighted by molar-refractivity contribution is 5.79. The van der Waals surface area contributed by atoms with Crippen LogP contribution in [0, 0.1) is 11.7 Å². The van der Waals surface area contributed by atoms with E-state index in [1.165, 1.54) is 82.3 Å². The second kappa shape index (κ2) is 19.4. The van der Waals surface area contributed by atoms with Crippen LogP contribution >= 0.6 is 0 Å². The number of pyridine rings is 1. The lowest BCUT2D eigenvalue weighted by Crippen LogP contribution is -2.49. The lowest BCUT2D eigenvalue weighted by Gasteiger charge is -2.33. The van der Waals surface area contributed by atoms with E-state index in [-0.39, 0.29) is 11.9 Å². The largest absolute Gasteiger partial charge is 0.476 e. The minimum atomic E-state index is -0.459. The third kappa shape index (κ3) is 12.5. The monoisotopic (exact) mass is 709 g/mol. The molecule has 2 aromatic heterocycles. The molecule has 3 aromatic rings. The van der Waals surface area contributed by atoms with Gasteiger partial charge in [-0.3, -0.25) is 14.5 Å². The highest BCUT2D eigenvalue weighted by Crippen LogP contribution is 2.36. The van der Waals surface area contributed by atoms with Crippen LogP contribution in [0.15, 0.2) is 36.5 Å². The molecule has 51 heavy (non-hydrogen) atoms. The van der Waals surface area contributed by atoms with Crippen molar-refractivity contribution < 1.29 is 28.2 Å². The molecule has 0 bridgehead atoms. The molecule has 6 rings (SSSR count). The van der Waals surface area contributed by atoms with E-state index in [1.54, 1.807) is 9.80 Å². The van der Waals surface area contributed by atoms with E-state index in [4.69, 9.17) is 14.5 Å². The van der Waals surface area contributed by atoms with Crippen molar-refractivity contribution in [1.82, 2.24) is 29.2 Å². The van der Waals surface area contributed by atoms with Crippen LogP contribution in [0.2, 0.25) is 0 Å². The van der Waals surface area contributed by atoms with Gasteiger partial charge in [-0.2, -0.15) is 0 Å². The molecule has 2 amide bonds.